The van der Waals surface area contributed by atoms with Gasteiger partial charge in [-0.15, -0.1) is 0 Å². The average Bonchev–Trinajstić information content (AvgIpc) is 3.11. The standard InChI is InChI=1S/C27H24O4.C18H28O2/c1-18-10-4-7-13-22(18)29-25-17-16-21(28)26(30-23-14-8-5-11-19(23)2)27(25)31-24-15-9-6-12-20(24)3;1-13(2)18(14(3)4)11-9-15(10-12-18)20-17-8-6-5-7-16(17)19/h4-17,28H,1-3H3;5-8,13-15,19H,9-12H2,1-4H3. The van der Waals surface area contributed by atoms with E-state index >= 15 is 0 Å². The summed E-state index contributed by atoms with van der Waals surface area (Å²) in [4.78, 5) is 0. The minimum atomic E-state index is -0.0380. The predicted octanol–water partition coefficient (Wildman–Crippen LogP) is 12.7. The van der Waals surface area contributed by atoms with Crippen LogP contribution in [0.1, 0.15) is 70.1 Å². The fourth-order valence-corrected chi connectivity index (χ4v) is 6.97. The molecule has 51 heavy (non-hydrogen) atoms. The maximum absolute atomic E-state index is 10.7. The molecule has 1 aliphatic carbocycles. The third-order valence-electron chi connectivity index (χ3n) is 10.3. The lowest BCUT2D eigenvalue weighted by molar-refractivity contribution is 0.0104. The Kier molecular flexibility index (Phi) is 12.2. The lowest BCUT2D eigenvalue weighted by Gasteiger charge is -2.46. The summed E-state index contributed by atoms with van der Waals surface area (Å²) in [5, 5.41) is 20.5. The van der Waals surface area contributed by atoms with Crippen LogP contribution in [0.2, 0.25) is 0 Å². The van der Waals surface area contributed by atoms with E-state index < -0.39 is 0 Å². The summed E-state index contributed by atoms with van der Waals surface area (Å²) in [6.45, 7) is 15.3. The molecule has 6 nitrogen and oxygen atoms in total. The van der Waals surface area contributed by atoms with Crippen LogP contribution in [0.25, 0.3) is 0 Å². The van der Waals surface area contributed by atoms with Gasteiger partial charge in [0, 0.05) is 0 Å². The molecule has 5 aromatic carbocycles. The van der Waals surface area contributed by atoms with Gasteiger partial charge in [-0.2, -0.15) is 0 Å². The van der Waals surface area contributed by atoms with Crippen LogP contribution < -0.4 is 18.9 Å². The van der Waals surface area contributed by atoms with E-state index in [0.29, 0.717) is 51.7 Å². The molecule has 6 heteroatoms. The molecule has 2 N–H and O–H groups in total. The molecule has 0 aromatic heterocycles. The van der Waals surface area contributed by atoms with Crippen LogP contribution in [0.4, 0.5) is 0 Å². The van der Waals surface area contributed by atoms with Gasteiger partial charge in [-0.3, -0.25) is 0 Å². The molecular formula is C45H52O6. The third-order valence-corrected chi connectivity index (χ3v) is 10.3. The number of aryl methyl sites for hydroxylation is 3. The van der Waals surface area contributed by atoms with Gasteiger partial charge in [0.15, 0.2) is 23.0 Å². The molecule has 0 radical (unpaired) electrons. The fraction of sp³-hybridized carbons (Fsp3) is 0.333. The van der Waals surface area contributed by atoms with Crippen molar-refractivity contribution >= 4 is 0 Å². The van der Waals surface area contributed by atoms with E-state index in [9.17, 15) is 10.2 Å². The molecule has 1 aliphatic rings. The number of ether oxygens (including phenoxy) is 4. The number of aromatic hydroxyl groups is 2. The third kappa shape index (κ3) is 8.99. The number of para-hydroxylation sites is 5. The second-order valence-corrected chi connectivity index (χ2v) is 14.2. The predicted molar refractivity (Wildman–Crippen MR) is 205 cm³/mol. The molecule has 0 atom stereocenters. The number of hydrogen-bond acceptors (Lipinski definition) is 6. The lowest BCUT2D eigenvalue weighted by Crippen LogP contribution is -2.39. The largest absolute Gasteiger partial charge is 0.504 e. The minimum absolute atomic E-state index is 0.0380. The number of phenolic OH excluding ortho intramolecular Hbond substituents is 2. The topological polar surface area (TPSA) is 77.4 Å². The highest BCUT2D eigenvalue weighted by molar-refractivity contribution is 5.62. The van der Waals surface area contributed by atoms with Crippen molar-refractivity contribution in [1.29, 1.82) is 0 Å². The first-order valence-electron chi connectivity index (χ1n) is 18.0. The summed E-state index contributed by atoms with van der Waals surface area (Å²) < 4.78 is 24.6. The highest BCUT2D eigenvalue weighted by Crippen LogP contribution is 2.50. The van der Waals surface area contributed by atoms with Crippen LogP contribution in [-0.2, 0) is 0 Å². The van der Waals surface area contributed by atoms with Gasteiger partial charge in [-0.1, -0.05) is 94.4 Å². The van der Waals surface area contributed by atoms with Crippen molar-refractivity contribution in [3.8, 4) is 51.7 Å². The Morgan fingerprint density at radius 2 is 0.922 bits per heavy atom. The Morgan fingerprint density at radius 3 is 1.39 bits per heavy atom. The normalized spacial score (nSPS) is 14.1. The van der Waals surface area contributed by atoms with Crippen molar-refractivity contribution in [1.82, 2.24) is 0 Å². The summed E-state index contributed by atoms with van der Waals surface area (Å²) >= 11 is 0. The molecule has 0 amide bonds. The van der Waals surface area contributed by atoms with E-state index in [0.717, 1.165) is 29.5 Å². The highest BCUT2D eigenvalue weighted by atomic mass is 16.5. The zero-order valence-electron chi connectivity index (χ0n) is 31.0. The second kappa shape index (κ2) is 16.7. The number of hydrogen-bond donors (Lipinski definition) is 2. The summed E-state index contributed by atoms with van der Waals surface area (Å²) in [5.41, 5.74) is 3.33. The van der Waals surface area contributed by atoms with Crippen LogP contribution in [0.15, 0.2) is 109 Å². The van der Waals surface area contributed by atoms with Gasteiger partial charge >= 0.3 is 0 Å². The molecule has 0 heterocycles. The summed E-state index contributed by atoms with van der Waals surface area (Å²) in [6.07, 6.45) is 4.87. The van der Waals surface area contributed by atoms with Gasteiger partial charge in [0.1, 0.15) is 17.2 Å². The first-order valence-corrected chi connectivity index (χ1v) is 18.0. The van der Waals surface area contributed by atoms with Crippen molar-refractivity contribution in [2.24, 2.45) is 17.3 Å². The van der Waals surface area contributed by atoms with Crippen LogP contribution in [0.5, 0.6) is 51.7 Å². The van der Waals surface area contributed by atoms with Gasteiger partial charge in [-0.05, 0) is 123 Å². The Morgan fingerprint density at radius 1 is 0.490 bits per heavy atom. The summed E-state index contributed by atoms with van der Waals surface area (Å²) in [5.74, 6) is 5.19. The van der Waals surface area contributed by atoms with Crippen LogP contribution in [-0.4, -0.2) is 16.3 Å². The van der Waals surface area contributed by atoms with Crippen LogP contribution in [0.3, 0.4) is 0 Å². The average molecular weight is 689 g/mol. The van der Waals surface area contributed by atoms with Crippen LogP contribution >= 0.6 is 0 Å². The molecule has 0 saturated heterocycles. The first-order chi connectivity index (χ1) is 24.5. The second-order valence-electron chi connectivity index (χ2n) is 14.2. The van der Waals surface area contributed by atoms with Crippen molar-refractivity contribution in [3.63, 3.8) is 0 Å². The molecule has 0 spiro atoms. The SMILES string of the molecule is CC(C)C1(C(C)C)CCC(Oc2ccccc2O)CC1.Cc1ccccc1Oc1ccc(O)c(Oc2ccccc2C)c1Oc1ccccc1C. The van der Waals surface area contributed by atoms with Gasteiger partial charge in [0.05, 0.1) is 6.10 Å². The van der Waals surface area contributed by atoms with E-state index in [1.54, 1.807) is 18.2 Å². The monoisotopic (exact) mass is 688 g/mol. The maximum Gasteiger partial charge on any atom is 0.216 e. The van der Waals surface area contributed by atoms with E-state index in [1.807, 2.05) is 112 Å². The molecule has 1 saturated carbocycles. The first kappa shape index (κ1) is 37.2. The molecular weight excluding hydrogens is 636 g/mol. The van der Waals surface area contributed by atoms with Gasteiger partial charge in [0.2, 0.25) is 11.5 Å². The zero-order valence-corrected chi connectivity index (χ0v) is 31.0. The van der Waals surface area contributed by atoms with Crippen molar-refractivity contribution in [3.05, 3.63) is 126 Å². The molecule has 0 aliphatic heterocycles. The maximum atomic E-state index is 10.7. The number of phenols is 2. The highest BCUT2D eigenvalue weighted by Gasteiger charge is 2.41. The summed E-state index contributed by atoms with van der Waals surface area (Å²) in [7, 11) is 0. The van der Waals surface area contributed by atoms with Gasteiger partial charge in [0.25, 0.3) is 0 Å². The van der Waals surface area contributed by atoms with E-state index in [-0.39, 0.29) is 23.4 Å². The number of benzene rings is 5. The quantitative estimate of drug-likeness (QED) is 0.152. The van der Waals surface area contributed by atoms with Crippen molar-refractivity contribution in [2.45, 2.75) is 80.3 Å². The van der Waals surface area contributed by atoms with E-state index in [2.05, 4.69) is 27.7 Å². The molecule has 0 bridgehead atoms. The zero-order chi connectivity index (χ0) is 36.5. The van der Waals surface area contributed by atoms with E-state index in [1.165, 1.54) is 12.8 Å². The fourth-order valence-electron chi connectivity index (χ4n) is 6.97. The lowest BCUT2D eigenvalue weighted by atomic mass is 9.60. The van der Waals surface area contributed by atoms with Gasteiger partial charge < -0.3 is 29.2 Å². The molecule has 5 aromatic rings. The smallest absolute Gasteiger partial charge is 0.216 e. The Hall–Kier alpha value is -5.10. The Labute approximate surface area is 303 Å². The molecule has 0 unspecified atom stereocenters. The van der Waals surface area contributed by atoms with Crippen LogP contribution in [0, 0.1) is 38.0 Å². The Bertz CT molecular complexity index is 1880. The van der Waals surface area contributed by atoms with Gasteiger partial charge in [-0.25, -0.2) is 0 Å². The molecule has 268 valence electrons. The van der Waals surface area contributed by atoms with E-state index in [4.69, 9.17) is 18.9 Å². The molecule has 6 rings (SSSR count). The number of rotatable bonds is 10. The Balaban J connectivity index is 0.000000218. The summed E-state index contributed by atoms with van der Waals surface area (Å²) in [6, 6.07) is 33.5. The minimum Gasteiger partial charge on any atom is -0.504 e. The van der Waals surface area contributed by atoms with Crippen molar-refractivity contribution in [2.75, 3.05) is 0 Å². The van der Waals surface area contributed by atoms with Crippen molar-refractivity contribution < 1.29 is 29.2 Å². The molecule has 1 fully saturated rings.